The molecular weight excluding hydrogens is 202 g/mol. The van der Waals surface area contributed by atoms with E-state index >= 15 is 0 Å². The molecular formula is C9H16NO5+. The van der Waals surface area contributed by atoms with Gasteiger partial charge in [-0.25, -0.2) is 4.79 Å². The number of likely N-dealkylation sites (N-methyl/N-ethyl adjacent to an activating group) is 1. The van der Waals surface area contributed by atoms with Crippen LogP contribution in [-0.2, 0) is 19.1 Å². The molecule has 0 aliphatic rings. The molecule has 15 heavy (non-hydrogen) atoms. The van der Waals surface area contributed by atoms with Crippen LogP contribution >= 0.6 is 0 Å². The van der Waals surface area contributed by atoms with Gasteiger partial charge in [0.1, 0.15) is 6.54 Å². The first kappa shape index (κ1) is 13.6. The molecule has 86 valence electrons. The lowest BCUT2D eigenvalue weighted by atomic mass is 10.2. The number of carboxylic acid groups (broad SMARTS) is 1. The van der Waals surface area contributed by atoms with Crippen molar-refractivity contribution < 1.29 is 28.7 Å². The number of carbonyl (C=O) groups excluding carboxylic acids is 2. The van der Waals surface area contributed by atoms with E-state index in [0.29, 0.717) is 11.0 Å². The molecule has 0 aromatic heterocycles. The number of hydrogen-bond donors (Lipinski definition) is 1. The molecule has 0 amide bonds. The Morgan fingerprint density at radius 1 is 1.40 bits per heavy atom. The number of quaternary nitrogens is 1. The number of esters is 1. The SMILES string of the molecule is C[N+](C)(C)CC(CC(=O)O)OC(=O)C=O. The quantitative estimate of drug-likeness (QED) is 0.275. The van der Waals surface area contributed by atoms with Gasteiger partial charge in [0.25, 0.3) is 0 Å². The summed E-state index contributed by atoms with van der Waals surface area (Å²) in [4.78, 5) is 31.2. The summed E-state index contributed by atoms with van der Waals surface area (Å²) in [5.74, 6) is -2.10. The standard InChI is InChI=1S/C9H15NO5/c1-10(2,3)5-7(4-8(12)13)15-9(14)6-11/h6-7H,4-5H2,1-3H3/p+1. The molecule has 1 N–H and O–H groups in total. The molecule has 0 saturated carbocycles. The number of hydrogen-bond acceptors (Lipinski definition) is 4. The zero-order valence-corrected chi connectivity index (χ0v) is 9.10. The number of nitrogens with zero attached hydrogens (tertiary/aromatic N) is 1. The van der Waals surface area contributed by atoms with Crippen molar-refractivity contribution in [3.63, 3.8) is 0 Å². The summed E-state index contributed by atoms with van der Waals surface area (Å²) in [6.07, 6.45) is -1.04. The average Bonchev–Trinajstić information content (AvgIpc) is 1.99. The molecule has 0 aromatic rings. The van der Waals surface area contributed by atoms with Gasteiger partial charge in [0.2, 0.25) is 6.29 Å². The van der Waals surface area contributed by atoms with E-state index in [9.17, 15) is 14.4 Å². The number of aliphatic carboxylic acids is 1. The predicted octanol–water partition coefficient (Wildman–Crippen LogP) is -0.722. The van der Waals surface area contributed by atoms with Crippen molar-refractivity contribution in [2.75, 3.05) is 27.7 Å². The molecule has 0 aliphatic heterocycles. The Labute approximate surface area is 88.0 Å². The number of aldehydes is 1. The summed E-state index contributed by atoms with van der Waals surface area (Å²) in [5.41, 5.74) is 0. The van der Waals surface area contributed by atoms with Crippen LogP contribution < -0.4 is 0 Å². The van der Waals surface area contributed by atoms with E-state index in [2.05, 4.69) is 4.74 Å². The number of ether oxygens (including phenoxy) is 1. The zero-order chi connectivity index (χ0) is 12.1. The monoisotopic (exact) mass is 218 g/mol. The molecule has 0 radical (unpaired) electrons. The molecule has 1 unspecified atom stereocenters. The van der Waals surface area contributed by atoms with Gasteiger partial charge in [-0.3, -0.25) is 9.59 Å². The average molecular weight is 218 g/mol. The second-order valence-electron chi connectivity index (χ2n) is 4.25. The van der Waals surface area contributed by atoms with Gasteiger partial charge in [0.05, 0.1) is 27.6 Å². The Morgan fingerprint density at radius 2 is 1.93 bits per heavy atom. The zero-order valence-electron chi connectivity index (χ0n) is 9.10. The first-order valence-corrected chi connectivity index (χ1v) is 4.42. The molecule has 1 atom stereocenters. The first-order chi connectivity index (χ1) is 6.74. The highest BCUT2D eigenvalue weighted by molar-refractivity contribution is 6.20. The van der Waals surface area contributed by atoms with Gasteiger partial charge >= 0.3 is 11.9 Å². The smallest absolute Gasteiger partial charge is 0.371 e. The summed E-state index contributed by atoms with van der Waals surface area (Å²) < 4.78 is 5.13. The van der Waals surface area contributed by atoms with Gasteiger partial charge in [-0.15, -0.1) is 0 Å². The molecule has 0 spiro atoms. The van der Waals surface area contributed by atoms with Crippen molar-refractivity contribution in [3.8, 4) is 0 Å². The Morgan fingerprint density at radius 3 is 2.27 bits per heavy atom. The topological polar surface area (TPSA) is 80.7 Å². The highest BCUT2D eigenvalue weighted by Crippen LogP contribution is 2.04. The maximum atomic E-state index is 10.7. The number of rotatable bonds is 6. The third kappa shape index (κ3) is 7.63. The number of carboxylic acids is 1. The third-order valence-corrected chi connectivity index (χ3v) is 1.53. The summed E-state index contributed by atoms with van der Waals surface area (Å²) in [7, 11) is 5.51. The van der Waals surface area contributed by atoms with E-state index in [1.807, 2.05) is 21.1 Å². The minimum atomic E-state index is -1.06. The maximum absolute atomic E-state index is 10.7. The van der Waals surface area contributed by atoms with Crippen LogP contribution in [0.2, 0.25) is 0 Å². The van der Waals surface area contributed by atoms with Crippen LogP contribution in [0.15, 0.2) is 0 Å². The minimum Gasteiger partial charge on any atom is -0.481 e. The lowest BCUT2D eigenvalue weighted by molar-refractivity contribution is -0.873. The van der Waals surface area contributed by atoms with Gasteiger partial charge in [-0.1, -0.05) is 0 Å². The molecule has 6 heteroatoms. The largest absolute Gasteiger partial charge is 0.481 e. The lowest BCUT2D eigenvalue weighted by Gasteiger charge is -2.27. The van der Waals surface area contributed by atoms with Crippen molar-refractivity contribution in [2.24, 2.45) is 0 Å². The molecule has 0 aliphatic carbocycles. The molecule has 0 bridgehead atoms. The van der Waals surface area contributed by atoms with Gasteiger partial charge < -0.3 is 14.3 Å². The van der Waals surface area contributed by atoms with Gasteiger partial charge in [-0.2, -0.15) is 0 Å². The summed E-state index contributed by atoms with van der Waals surface area (Å²) >= 11 is 0. The fourth-order valence-corrected chi connectivity index (χ4v) is 1.14. The maximum Gasteiger partial charge on any atom is 0.371 e. The van der Waals surface area contributed by atoms with Crippen molar-refractivity contribution >= 4 is 18.2 Å². The fourth-order valence-electron chi connectivity index (χ4n) is 1.14. The van der Waals surface area contributed by atoms with Crippen LogP contribution in [0.4, 0.5) is 0 Å². The third-order valence-electron chi connectivity index (χ3n) is 1.53. The Balaban J connectivity index is 4.37. The van der Waals surface area contributed by atoms with E-state index in [1.54, 1.807) is 0 Å². The van der Waals surface area contributed by atoms with Crippen LogP contribution in [0.3, 0.4) is 0 Å². The predicted molar refractivity (Wildman–Crippen MR) is 51.1 cm³/mol. The van der Waals surface area contributed by atoms with E-state index in [0.717, 1.165) is 0 Å². The minimum absolute atomic E-state index is 0.0323. The second-order valence-corrected chi connectivity index (χ2v) is 4.25. The summed E-state index contributed by atoms with van der Waals surface area (Å²) in [5, 5.41) is 8.58. The first-order valence-electron chi connectivity index (χ1n) is 4.42. The molecule has 0 fully saturated rings. The lowest BCUT2D eigenvalue weighted by Crippen LogP contribution is -2.43. The van der Waals surface area contributed by atoms with Crippen molar-refractivity contribution in [1.82, 2.24) is 0 Å². The van der Waals surface area contributed by atoms with E-state index in [4.69, 9.17) is 5.11 Å². The van der Waals surface area contributed by atoms with Crippen molar-refractivity contribution in [2.45, 2.75) is 12.5 Å². The molecule has 0 aromatic carbocycles. The number of carbonyl (C=O) groups is 3. The van der Waals surface area contributed by atoms with Gasteiger partial charge in [-0.05, 0) is 0 Å². The van der Waals surface area contributed by atoms with Crippen LogP contribution in [0.5, 0.6) is 0 Å². The Kier molecular flexibility index (Phi) is 4.93. The molecule has 0 saturated heterocycles. The summed E-state index contributed by atoms with van der Waals surface area (Å²) in [6.45, 7) is 0.339. The molecule has 0 rings (SSSR count). The van der Waals surface area contributed by atoms with Crippen LogP contribution in [0.1, 0.15) is 6.42 Å². The van der Waals surface area contributed by atoms with Crippen LogP contribution in [-0.4, -0.2) is 61.6 Å². The van der Waals surface area contributed by atoms with Crippen molar-refractivity contribution in [3.05, 3.63) is 0 Å². The molecule has 0 heterocycles. The van der Waals surface area contributed by atoms with E-state index in [-0.39, 0.29) is 12.7 Å². The van der Waals surface area contributed by atoms with E-state index < -0.39 is 18.0 Å². The second kappa shape index (κ2) is 5.45. The van der Waals surface area contributed by atoms with E-state index in [1.165, 1.54) is 0 Å². The Bertz CT molecular complexity index is 256. The van der Waals surface area contributed by atoms with Crippen LogP contribution in [0, 0.1) is 0 Å². The molecule has 6 nitrogen and oxygen atoms in total. The highest BCUT2D eigenvalue weighted by Gasteiger charge is 2.24. The normalized spacial score (nSPS) is 13.0. The van der Waals surface area contributed by atoms with Gasteiger partial charge in [0.15, 0.2) is 6.10 Å². The highest BCUT2D eigenvalue weighted by atomic mass is 16.5. The fraction of sp³-hybridized carbons (Fsp3) is 0.667. The van der Waals surface area contributed by atoms with Crippen molar-refractivity contribution in [1.29, 1.82) is 0 Å². The van der Waals surface area contributed by atoms with Gasteiger partial charge in [0, 0.05) is 0 Å². The summed E-state index contributed by atoms with van der Waals surface area (Å²) in [6, 6.07) is 0. The Hall–Kier alpha value is -1.43. The van der Waals surface area contributed by atoms with Crippen LogP contribution in [0.25, 0.3) is 0 Å².